The second-order valence-electron chi connectivity index (χ2n) is 19.2. The van der Waals surface area contributed by atoms with Crippen LogP contribution in [0.4, 0.5) is 14.0 Å². The van der Waals surface area contributed by atoms with Gasteiger partial charge in [0.25, 0.3) is 0 Å². The van der Waals surface area contributed by atoms with Crippen molar-refractivity contribution in [1.29, 1.82) is 0 Å². The van der Waals surface area contributed by atoms with Crippen molar-refractivity contribution in [3.63, 3.8) is 0 Å². The molecule has 4 aliphatic rings. The third kappa shape index (κ3) is 10.2. The Morgan fingerprint density at radius 1 is 0.627 bits per heavy atom. The van der Waals surface area contributed by atoms with Crippen LogP contribution in [0.1, 0.15) is 117 Å². The zero-order chi connectivity index (χ0) is 47.7. The van der Waals surface area contributed by atoms with Crippen LogP contribution in [0.15, 0.2) is 54.9 Å². The van der Waals surface area contributed by atoms with E-state index >= 15 is 4.39 Å². The molecular weight excluding hydrogens is 860 g/mol. The predicted molar refractivity (Wildman–Crippen MR) is 248 cm³/mol. The summed E-state index contributed by atoms with van der Waals surface area (Å²) in [4.78, 5) is 73.7. The van der Waals surface area contributed by atoms with Gasteiger partial charge in [-0.2, -0.15) is 0 Å². The van der Waals surface area contributed by atoms with Gasteiger partial charge in [0.1, 0.15) is 29.5 Å². The van der Waals surface area contributed by atoms with Gasteiger partial charge in [0.15, 0.2) is 0 Å². The minimum atomic E-state index is -0.799. The number of carbonyl (C=O) groups is 4. The van der Waals surface area contributed by atoms with E-state index in [-0.39, 0.29) is 72.2 Å². The van der Waals surface area contributed by atoms with Gasteiger partial charge in [0, 0.05) is 17.6 Å². The molecule has 10 atom stereocenters. The summed E-state index contributed by atoms with van der Waals surface area (Å²) in [5.41, 5.74) is 4.01. The highest BCUT2D eigenvalue weighted by atomic mass is 19.1. The second-order valence-corrected chi connectivity index (χ2v) is 19.2. The number of alkyl carbamates (subject to hydrolysis) is 2. The number of halogens is 1. The summed E-state index contributed by atoms with van der Waals surface area (Å²) in [7, 11) is 2.59. The molecule has 4 amide bonds. The number of nitrogens with one attached hydrogen (secondary N) is 4. The Labute approximate surface area is 391 Å². The molecule has 2 aromatic heterocycles. The second kappa shape index (κ2) is 20.2. The third-order valence-corrected chi connectivity index (χ3v) is 14.3. The predicted octanol–water partition coefficient (Wildman–Crippen LogP) is 8.23. The Morgan fingerprint density at radius 2 is 1.04 bits per heavy atom. The molecular formula is C50H65FN8O8. The quantitative estimate of drug-likeness (QED) is 0.114. The monoisotopic (exact) mass is 924 g/mol. The number of aromatic nitrogens is 4. The number of likely N-dealkylation sites (tertiary alicyclic amines) is 2. The summed E-state index contributed by atoms with van der Waals surface area (Å²) >= 11 is 0. The Balaban J connectivity index is 0.953. The fourth-order valence-corrected chi connectivity index (χ4v) is 11.2. The van der Waals surface area contributed by atoms with Crippen LogP contribution >= 0.6 is 0 Å². The highest BCUT2D eigenvalue weighted by Crippen LogP contribution is 2.41. The van der Waals surface area contributed by atoms with Crippen LogP contribution in [0.3, 0.4) is 0 Å². The highest BCUT2D eigenvalue weighted by molar-refractivity contribution is 5.88. The van der Waals surface area contributed by atoms with E-state index in [9.17, 15) is 19.2 Å². The average molecular weight is 925 g/mol. The van der Waals surface area contributed by atoms with Gasteiger partial charge in [-0.05, 0) is 134 Å². The van der Waals surface area contributed by atoms with Crippen LogP contribution in [0, 0.1) is 17.7 Å². The van der Waals surface area contributed by atoms with Crippen molar-refractivity contribution in [3.8, 4) is 33.6 Å². The van der Waals surface area contributed by atoms with Crippen LogP contribution in [0.5, 0.6) is 0 Å². The number of rotatable bonds is 11. The molecule has 0 saturated carbocycles. The average Bonchev–Trinajstić information content (AvgIpc) is 4.13. The number of nitrogens with zero attached hydrogens (tertiary/aromatic N) is 4. The number of hydrogen-bond donors (Lipinski definition) is 4. The van der Waals surface area contributed by atoms with Crippen LogP contribution in [0.25, 0.3) is 33.6 Å². The van der Waals surface area contributed by atoms with Crippen molar-refractivity contribution in [3.05, 3.63) is 72.3 Å². The summed E-state index contributed by atoms with van der Waals surface area (Å²) in [6.07, 6.45) is 7.28. The first-order chi connectivity index (χ1) is 32.1. The van der Waals surface area contributed by atoms with Gasteiger partial charge < -0.3 is 49.3 Å². The molecule has 0 aliphatic carbocycles. The van der Waals surface area contributed by atoms with Crippen molar-refractivity contribution in [1.82, 2.24) is 40.4 Å². The molecule has 6 heterocycles. The molecule has 0 unspecified atom stereocenters. The maximum atomic E-state index is 16.0. The molecule has 360 valence electrons. The molecule has 4 fully saturated rings. The molecule has 17 heteroatoms. The number of H-pyrrole nitrogens is 2. The van der Waals surface area contributed by atoms with E-state index in [0.717, 1.165) is 36.1 Å². The molecule has 4 saturated heterocycles. The maximum Gasteiger partial charge on any atom is 0.407 e. The summed E-state index contributed by atoms with van der Waals surface area (Å²) in [5, 5.41) is 5.69. The number of imidazole rings is 2. The molecule has 0 bridgehead atoms. The summed E-state index contributed by atoms with van der Waals surface area (Å²) in [5.74, 6) is 0.190. The van der Waals surface area contributed by atoms with Crippen LogP contribution in [0.2, 0.25) is 0 Å². The number of hydrogen-bond acceptors (Lipinski definition) is 10. The molecule has 4 N–H and O–H groups in total. The third-order valence-electron chi connectivity index (χ3n) is 14.3. The lowest BCUT2D eigenvalue weighted by Gasteiger charge is -2.39. The molecule has 2 aromatic carbocycles. The van der Waals surface area contributed by atoms with Crippen molar-refractivity contribution >= 4 is 24.0 Å². The summed E-state index contributed by atoms with van der Waals surface area (Å²) in [6, 6.07) is 10.4. The first-order valence-corrected chi connectivity index (χ1v) is 23.8. The van der Waals surface area contributed by atoms with E-state index in [0.29, 0.717) is 60.6 Å². The van der Waals surface area contributed by atoms with Crippen molar-refractivity contribution in [2.75, 3.05) is 14.2 Å². The SMILES string of the molecule is COC(=O)N[C@H](C(=O)N1[C@@H](C)CC[C@H]1c1ncc(-c2ccc(-c3ccc(-c4cnc([C@@H]5CC[C@H](C)N5C(=O)[C@@H](NC(=O)OC)C5C[C@@H](C)O[C@H](C)C5)[nH]4)c(F)c3)cc2)[nH]1)C1C[C@@H](C)O[C@H](C)C1. The summed E-state index contributed by atoms with van der Waals surface area (Å²) in [6.45, 7) is 12.0. The standard InChI is InChI=1S/C50H65FN8O8/c1-26-9-17-41(58(26)47(60)43(56-49(62)64-7)35-19-28(3)66-29(4)20-35)45-52-24-39(54-45)33-13-11-32(12-14-33)34-15-16-37(38(51)23-34)40-25-53-46(55-40)42-18-10-27(2)59(42)48(61)44(57-50(63)65-8)36-21-30(5)67-31(6)22-36/h11-16,23-31,35-36,41-44H,9-10,17-22H2,1-8H3,(H,52,54)(H,53,55)(H,56,62)(H,57,63)/t26-,27-,28+,29+,30+,31+,41-,42-,43-,44-/m0/s1. The van der Waals surface area contributed by atoms with Gasteiger partial charge in [0.05, 0.1) is 74.5 Å². The molecule has 4 aromatic rings. The maximum absolute atomic E-state index is 16.0. The first-order valence-electron chi connectivity index (χ1n) is 23.8. The normalized spacial score (nSPS) is 28.4. The van der Waals surface area contributed by atoms with Gasteiger partial charge in [0.2, 0.25) is 11.8 Å². The summed E-state index contributed by atoms with van der Waals surface area (Å²) < 4.78 is 37.8. The van der Waals surface area contributed by atoms with Gasteiger partial charge in [-0.1, -0.05) is 30.3 Å². The topological polar surface area (TPSA) is 193 Å². The zero-order valence-electron chi connectivity index (χ0n) is 39.7. The van der Waals surface area contributed by atoms with Gasteiger partial charge in [-0.3, -0.25) is 9.59 Å². The smallest absolute Gasteiger partial charge is 0.407 e. The molecule has 0 spiro atoms. The van der Waals surface area contributed by atoms with Gasteiger partial charge in [-0.15, -0.1) is 0 Å². The molecule has 8 rings (SSSR count). The lowest BCUT2D eigenvalue weighted by Crippen LogP contribution is -2.55. The number of methoxy groups -OCH3 is 2. The number of aromatic amines is 2. The number of benzene rings is 2. The van der Waals surface area contributed by atoms with Crippen molar-refractivity contribution in [2.24, 2.45) is 11.8 Å². The largest absolute Gasteiger partial charge is 0.453 e. The number of carbonyl (C=O) groups excluding carboxylic acids is 4. The molecule has 16 nitrogen and oxygen atoms in total. The van der Waals surface area contributed by atoms with Crippen molar-refractivity contribution < 1.29 is 42.5 Å². The Morgan fingerprint density at radius 3 is 1.49 bits per heavy atom. The fourth-order valence-electron chi connectivity index (χ4n) is 11.2. The Bertz CT molecular complexity index is 2390. The van der Waals surface area contributed by atoms with Gasteiger partial charge >= 0.3 is 12.2 Å². The number of ether oxygens (including phenoxy) is 4. The minimum absolute atomic E-state index is 0.0436. The first kappa shape index (κ1) is 47.7. The van der Waals surface area contributed by atoms with Crippen LogP contribution in [-0.4, -0.2) is 117 Å². The van der Waals surface area contributed by atoms with Crippen LogP contribution in [-0.2, 0) is 28.5 Å². The van der Waals surface area contributed by atoms with E-state index in [1.165, 1.54) is 20.3 Å². The molecule has 4 aliphatic heterocycles. The molecule has 0 radical (unpaired) electrons. The molecule has 67 heavy (non-hydrogen) atoms. The van der Waals surface area contributed by atoms with E-state index in [1.54, 1.807) is 18.5 Å². The van der Waals surface area contributed by atoms with Crippen molar-refractivity contribution in [2.45, 2.75) is 154 Å². The number of amides is 4. The highest BCUT2D eigenvalue weighted by Gasteiger charge is 2.46. The Kier molecular flexibility index (Phi) is 14.4. The lowest BCUT2D eigenvalue weighted by molar-refractivity contribution is -0.141. The minimum Gasteiger partial charge on any atom is -0.453 e. The van der Waals surface area contributed by atoms with E-state index < -0.39 is 30.1 Å². The van der Waals surface area contributed by atoms with Gasteiger partial charge in [-0.25, -0.2) is 23.9 Å². The van der Waals surface area contributed by atoms with Crippen LogP contribution < -0.4 is 10.6 Å². The van der Waals surface area contributed by atoms with E-state index in [1.807, 2.05) is 81.7 Å². The zero-order valence-corrected chi connectivity index (χ0v) is 39.7. The van der Waals surface area contributed by atoms with E-state index in [2.05, 4.69) is 25.6 Å². The van der Waals surface area contributed by atoms with E-state index in [4.69, 9.17) is 23.9 Å². The lowest BCUT2D eigenvalue weighted by atomic mass is 9.85. The fraction of sp³-hybridized carbons (Fsp3) is 0.560. The Hall–Kier alpha value is -5.81.